The summed E-state index contributed by atoms with van der Waals surface area (Å²) in [5, 5.41) is 0. The van der Waals surface area contributed by atoms with Crippen molar-refractivity contribution in [1.29, 1.82) is 0 Å². The first-order valence-electron chi connectivity index (χ1n) is 6.39. The summed E-state index contributed by atoms with van der Waals surface area (Å²) in [4.78, 5) is 0. The van der Waals surface area contributed by atoms with Gasteiger partial charge < -0.3 is 4.74 Å². The molecular formula is C16H12F3O. The molecule has 0 aliphatic heterocycles. The van der Waals surface area contributed by atoms with Gasteiger partial charge in [0.25, 0.3) is 0 Å². The molecule has 0 N–H and O–H groups in total. The molecule has 0 unspecified atom stereocenters. The van der Waals surface area contributed by atoms with E-state index in [-0.39, 0.29) is 5.75 Å². The minimum atomic E-state index is -4.65. The van der Waals surface area contributed by atoms with E-state index in [4.69, 9.17) is 0 Å². The van der Waals surface area contributed by atoms with E-state index in [1.54, 1.807) is 12.1 Å². The lowest BCUT2D eigenvalue weighted by molar-refractivity contribution is -0.274. The van der Waals surface area contributed by atoms with Crippen molar-refractivity contribution in [3.05, 3.63) is 54.1 Å². The Bertz CT molecular complexity index is 581. The Morgan fingerprint density at radius 1 is 0.950 bits per heavy atom. The second-order valence-corrected chi connectivity index (χ2v) is 4.88. The van der Waals surface area contributed by atoms with E-state index < -0.39 is 6.36 Å². The largest absolute Gasteiger partial charge is 0.573 e. The van der Waals surface area contributed by atoms with E-state index in [1.165, 1.54) is 30.5 Å². The Morgan fingerprint density at radius 3 is 2.10 bits per heavy atom. The number of hydrogen-bond donors (Lipinski definition) is 0. The summed E-state index contributed by atoms with van der Waals surface area (Å²) >= 11 is 0. The average Bonchev–Trinajstić information content (AvgIpc) is 3.22. The van der Waals surface area contributed by atoms with E-state index >= 15 is 0 Å². The highest BCUT2D eigenvalue weighted by atomic mass is 19.4. The van der Waals surface area contributed by atoms with Gasteiger partial charge in [-0.25, -0.2) is 0 Å². The zero-order chi connectivity index (χ0) is 14.2. The first-order chi connectivity index (χ1) is 9.51. The Kier molecular flexibility index (Phi) is 3.16. The molecule has 3 rings (SSSR count). The van der Waals surface area contributed by atoms with Crippen molar-refractivity contribution in [3.63, 3.8) is 0 Å². The topological polar surface area (TPSA) is 9.23 Å². The second kappa shape index (κ2) is 4.85. The summed E-state index contributed by atoms with van der Waals surface area (Å²) in [5.74, 6) is 0.437. The minimum Gasteiger partial charge on any atom is -0.406 e. The van der Waals surface area contributed by atoms with Crippen LogP contribution in [0.2, 0.25) is 0 Å². The van der Waals surface area contributed by atoms with Crippen LogP contribution in [0.5, 0.6) is 5.75 Å². The number of alkyl halides is 3. The molecule has 1 fully saturated rings. The molecule has 2 aromatic carbocycles. The third-order valence-electron chi connectivity index (χ3n) is 3.28. The molecule has 1 nitrogen and oxygen atoms in total. The third-order valence-corrected chi connectivity index (χ3v) is 3.28. The van der Waals surface area contributed by atoms with E-state index in [1.807, 2.05) is 18.2 Å². The smallest absolute Gasteiger partial charge is 0.406 e. The first-order valence-corrected chi connectivity index (χ1v) is 6.39. The molecule has 0 atom stereocenters. The molecule has 0 bridgehead atoms. The summed E-state index contributed by atoms with van der Waals surface area (Å²) in [6.07, 6.45) is -2.21. The Hall–Kier alpha value is -1.97. The summed E-state index contributed by atoms with van der Waals surface area (Å²) in [6.45, 7) is 0. The molecule has 0 amide bonds. The van der Waals surface area contributed by atoms with Crippen LogP contribution in [0.15, 0.2) is 42.5 Å². The number of ether oxygens (including phenoxy) is 1. The van der Waals surface area contributed by atoms with Crippen molar-refractivity contribution < 1.29 is 17.9 Å². The van der Waals surface area contributed by atoms with Gasteiger partial charge in [-0.3, -0.25) is 0 Å². The van der Waals surface area contributed by atoms with E-state index in [2.05, 4.69) is 10.8 Å². The fourth-order valence-corrected chi connectivity index (χ4v) is 2.11. The standard InChI is InChI=1S/C16H12F3O/c17-16(18,19)20-15-9-7-14(8-10-15)13-5-3-12(4-6-13)11-1-2-11/h3,5-11H,1-2H2. The van der Waals surface area contributed by atoms with Crippen LogP contribution in [0.1, 0.15) is 24.3 Å². The van der Waals surface area contributed by atoms with E-state index in [0.29, 0.717) is 5.92 Å². The van der Waals surface area contributed by atoms with Gasteiger partial charge in [-0.15, -0.1) is 13.2 Å². The van der Waals surface area contributed by atoms with Gasteiger partial charge >= 0.3 is 6.36 Å². The molecule has 2 aromatic rings. The van der Waals surface area contributed by atoms with Gasteiger partial charge in [-0.2, -0.15) is 0 Å². The highest BCUT2D eigenvalue weighted by Crippen LogP contribution is 2.40. The Balaban J connectivity index is 1.76. The molecule has 1 aliphatic carbocycles. The summed E-state index contributed by atoms with van der Waals surface area (Å²) < 4.78 is 40.0. The minimum absolute atomic E-state index is 0.208. The predicted octanol–water partition coefficient (Wildman–Crippen LogP) is 4.93. The van der Waals surface area contributed by atoms with Crippen LogP contribution in [0.4, 0.5) is 13.2 Å². The van der Waals surface area contributed by atoms with Gasteiger partial charge in [0.1, 0.15) is 5.75 Å². The number of hydrogen-bond acceptors (Lipinski definition) is 1. The monoisotopic (exact) mass is 277 g/mol. The van der Waals surface area contributed by atoms with Crippen LogP contribution in [0.25, 0.3) is 11.1 Å². The lowest BCUT2D eigenvalue weighted by atomic mass is 10.0. The molecular weight excluding hydrogens is 265 g/mol. The normalized spacial score (nSPS) is 15.2. The fourth-order valence-electron chi connectivity index (χ4n) is 2.11. The predicted molar refractivity (Wildman–Crippen MR) is 69.4 cm³/mol. The summed E-state index contributed by atoms with van der Waals surface area (Å²) in [5.41, 5.74) is 3.00. The molecule has 4 heteroatoms. The SMILES string of the molecule is FC(F)(F)Oc1ccc(-c2c[c]c(C3CC3)cc2)cc1. The average molecular weight is 277 g/mol. The molecule has 103 valence electrons. The first kappa shape index (κ1) is 13.0. The Labute approximate surface area is 115 Å². The van der Waals surface area contributed by atoms with Crippen LogP contribution in [-0.4, -0.2) is 6.36 Å². The van der Waals surface area contributed by atoms with Gasteiger partial charge in [-0.1, -0.05) is 24.3 Å². The molecule has 0 heterocycles. The molecule has 0 saturated heterocycles. The quantitative estimate of drug-likeness (QED) is 0.773. The third kappa shape index (κ3) is 3.13. The van der Waals surface area contributed by atoms with Crippen molar-refractivity contribution in [2.45, 2.75) is 25.1 Å². The van der Waals surface area contributed by atoms with Crippen LogP contribution < -0.4 is 4.74 Å². The molecule has 0 aromatic heterocycles. The second-order valence-electron chi connectivity index (χ2n) is 4.88. The van der Waals surface area contributed by atoms with Crippen LogP contribution >= 0.6 is 0 Å². The zero-order valence-electron chi connectivity index (χ0n) is 10.6. The highest BCUT2D eigenvalue weighted by molar-refractivity contribution is 5.64. The van der Waals surface area contributed by atoms with Gasteiger partial charge in [0.05, 0.1) is 0 Å². The van der Waals surface area contributed by atoms with Gasteiger partial charge in [0.15, 0.2) is 0 Å². The van der Waals surface area contributed by atoms with Gasteiger partial charge in [0, 0.05) is 0 Å². The molecule has 1 radical (unpaired) electrons. The maximum absolute atomic E-state index is 12.1. The Morgan fingerprint density at radius 2 is 1.60 bits per heavy atom. The van der Waals surface area contributed by atoms with E-state index in [9.17, 15) is 13.2 Å². The maximum atomic E-state index is 12.1. The molecule has 1 aliphatic rings. The van der Waals surface area contributed by atoms with E-state index in [0.717, 1.165) is 11.1 Å². The van der Waals surface area contributed by atoms with Crippen LogP contribution in [0.3, 0.4) is 0 Å². The van der Waals surface area contributed by atoms with Gasteiger partial charge in [-0.05, 0) is 59.7 Å². The van der Waals surface area contributed by atoms with Crippen molar-refractivity contribution in [3.8, 4) is 16.9 Å². The number of halogens is 3. The molecule has 0 spiro atoms. The lowest BCUT2D eigenvalue weighted by Gasteiger charge is -2.09. The van der Waals surface area contributed by atoms with Crippen molar-refractivity contribution in [2.24, 2.45) is 0 Å². The maximum Gasteiger partial charge on any atom is 0.573 e. The molecule has 20 heavy (non-hydrogen) atoms. The highest BCUT2D eigenvalue weighted by Gasteiger charge is 2.31. The fraction of sp³-hybridized carbons (Fsp3) is 0.250. The van der Waals surface area contributed by atoms with Crippen molar-refractivity contribution >= 4 is 0 Å². The lowest BCUT2D eigenvalue weighted by Crippen LogP contribution is -2.16. The molecule has 1 saturated carbocycles. The van der Waals surface area contributed by atoms with Crippen molar-refractivity contribution in [2.75, 3.05) is 0 Å². The van der Waals surface area contributed by atoms with Crippen molar-refractivity contribution in [1.82, 2.24) is 0 Å². The summed E-state index contributed by atoms with van der Waals surface area (Å²) in [7, 11) is 0. The van der Waals surface area contributed by atoms with Crippen LogP contribution in [0, 0.1) is 6.07 Å². The number of benzene rings is 2. The van der Waals surface area contributed by atoms with Gasteiger partial charge in [0.2, 0.25) is 0 Å². The number of rotatable bonds is 3. The zero-order valence-corrected chi connectivity index (χ0v) is 10.6. The van der Waals surface area contributed by atoms with Crippen LogP contribution in [-0.2, 0) is 0 Å². The summed E-state index contributed by atoms with van der Waals surface area (Å²) in [6, 6.07) is 15.0.